The van der Waals surface area contributed by atoms with Crippen molar-refractivity contribution in [3.8, 4) is 0 Å². The third-order valence-electron chi connectivity index (χ3n) is 5.10. The number of H-pyrrole nitrogens is 1. The van der Waals surface area contributed by atoms with E-state index < -0.39 is 0 Å². The monoisotopic (exact) mass is 400 g/mol. The highest BCUT2D eigenvalue weighted by molar-refractivity contribution is 7.99. The van der Waals surface area contributed by atoms with Crippen LogP contribution in [0.25, 0.3) is 10.9 Å². The summed E-state index contributed by atoms with van der Waals surface area (Å²) < 4.78 is 18.1. The summed E-state index contributed by atoms with van der Waals surface area (Å²) >= 11 is 1.32. The first-order valence-corrected chi connectivity index (χ1v) is 10.2. The van der Waals surface area contributed by atoms with Gasteiger partial charge in [-0.2, -0.15) is 0 Å². The van der Waals surface area contributed by atoms with Gasteiger partial charge in [-0.3, -0.25) is 9.78 Å². The molecule has 0 bridgehead atoms. The molecule has 8 heteroatoms. The molecule has 1 aliphatic heterocycles. The average Bonchev–Trinajstić information content (AvgIpc) is 3.15. The maximum absolute atomic E-state index is 13.4. The van der Waals surface area contributed by atoms with Crippen LogP contribution in [0.2, 0.25) is 0 Å². The molecule has 3 heterocycles. The molecule has 2 aromatic heterocycles. The van der Waals surface area contributed by atoms with E-state index >= 15 is 0 Å². The van der Waals surface area contributed by atoms with E-state index in [9.17, 15) is 9.18 Å². The van der Waals surface area contributed by atoms with Crippen LogP contribution in [0, 0.1) is 5.82 Å². The molecule has 4 rings (SSSR count). The second-order valence-corrected chi connectivity index (χ2v) is 7.77. The summed E-state index contributed by atoms with van der Waals surface area (Å²) in [4.78, 5) is 25.6. The second-order valence-electron chi connectivity index (χ2n) is 6.78. The molecule has 1 aliphatic rings. The van der Waals surface area contributed by atoms with Gasteiger partial charge in [0.15, 0.2) is 0 Å². The smallest absolute Gasteiger partial charge is 0.316 e. The van der Waals surface area contributed by atoms with Gasteiger partial charge < -0.3 is 14.6 Å². The van der Waals surface area contributed by atoms with Gasteiger partial charge in [0, 0.05) is 30.2 Å². The van der Waals surface area contributed by atoms with Gasteiger partial charge in [0.25, 0.3) is 0 Å². The third kappa shape index (κ3) is 3.96. The van der Waals surface area contributed by atoms with Crippen LogP contribution in [0.5, 0.6) is 0 Å². The molecule has 6 nitrogen and oxygen atoms in total. The number of esters is 1. The van der Waals surface area contributed by atoms with Gasteiger partial charge in [-0.15, -0.1) is 0 Å². The number of thioether (sulfide) groups is 1. The molecule has 28 heavy (non-hydrogen) atoms. The molecule has 0 amide bonds. The maximum atomic E-state index is 13.4. The summed E-state index contributed by atoms with van der Waals surface area (Å²) in [6, 6.07) is 4.92. The summed E-state index contributed by atoms with van der Waals surface area (Å²) in [6.07, 6.45) is 7.41. The Hall–Kier alpha value is -2.61. The molecule has 0 aliphatic carbocycles. The number of rotatable bonds is 5. The normalized spacial score (nSPS) is 15.1. The number of hydrogen-bond donors (Lipinski definition) is 1. The second kappa shape index (κ2) is 8.18. The van der Waals surface area contributed by atoms with Crippen molar-refractivity contribution in [2.45, 2.75) is 23.8 Å². The molecule has 146 valence electrons. The lowest BCUT2D eigenvalue weighted by molar-refractivity contribution is -0.137. The van der Waals surface area contributed by atoms with Crippen LogP contribution in [0.3, 0.4) is 0 Å². The third-order valence-corrected chi connectivity index (χ3v) is 5.97. The van der Waals surface area contributed by atoms with Gasteiger partial charge in [-0.1, -0.05) is 11.8 Å². The van der Waals surface area contributed by atoms with Crippen LogP contribution >= 0.6 is 11.8 Å². The van der Waals surface area contributed by atoms with Crippen LogP contribution in [0.4, 0.5) is 10.2 Å². The topological polar surface area (TPSA) is 71.1 Å². The molecular formula is C20H21FN4O2S. The Morgan fingerprint density at radius 1 is 1.36 bits per heavy atom. The van der Waals surface area contributed by atoms with Crippen molar-refractivity contribution < 1.29 is 13.9 Å². The van der Waals surface area contributed by atoms with Gasteiger partial charge in [-0.25, -0.2) is 9.37 Å². The van der Waals surface area contributed by atoms with E-state index in [0.29, 0.717) is 10.9 Å². The predicted molar refractivity (Wildman–Crippen MR) is 107 cm³/mol. The number of carbonyl (C=O) groups excluding carboxylic acids is 1. The van der Waals surface area contributed by atoms with E-state index in [-0.39, 0.29) is 17.5 Å². The Bertz CT molecular complexity index is 985. The summed E-state index contributed by atoms with van der Waals surface area (Å²) in [5.74, 6) is 0.975. The molecule has 1 aromatic carbocycles. The molecule has 1 N–H and O–H groups in total. The minimum absolute atomic E-state index is 0.220. The van der Waals surface area contributed by atoms with Gasteiger partial charge in [0.05, 0.1) is 25.3 Å². The van der Waals surface area contributed by atoms with Crippen molar-refractivity contribution in [2.24, 2.45) is 0 Å². The number of halogens is 1. The molecule has 0 atom stereocenters. The predicted octanol–water partition coefficient (Wildman–Crippen LogP) is 3.75. The molecule has 0 spiro atoms. The number of nitrogens with one attached hydrogen (secondary N) is 1. The Balaban J connectivity index is 1.42. The standard InChI is InChI=1S/C20H21FN4O2S/c1-27-20(26)12-28-19-11-22-10-18(24-19)25-6-4-13(5-7-25)16-9-23-17-8-14(21)2-3-15(16)17/h2-3,8-11,13,23H,4-7,12H2,1H3. The van der Waals surface area contributed by atoms with E-state index in [2.05, 4.69) is 24.6 Å². The van der Waals surface area contributed by atoms with Crippen molar-refractivity contribution >= 4 is 34.5 Å². The molecular weight excluding hydrogens is 379 g/mol. The lowest BCUT2D eigenvalue weighted by Crippen LogP contribution is -2.33. The highest BCUT2D eigenvalue weighted by Gasteiger charge is 2.24. The zero-order chi connectivity index (χ0) is 19.5. The molecule has 0 unspecified atom stereocenters. The van der Waals surface area contributed by atoms with Gasteiger partial charge >= 0.3 is 5.97 Å². The van der Waals surface area contributed by atoms with Crippen molar-refractivity contribution in [2.75, 3.05) is 30.9 Å². The molecule has 1 fully saturated rings. The summed E-state index contributed by atoms with van der Waals surface area (Å²) in [6.45, 7) is 1.75. The van der Waals surface area contributed by atoms with E-state index in [1.165, 1.54) is 30.5 Å². The first kappa shape index (κ1) is 18.7. The number of aromatic amines is 1. The van der Waals surface area contributed by atoms with E-state index in [4.69, 9.17) is 0 Å². The van der Waals surface area contributed by atoms with Gasteiger partial charge in [0.2, 0.25) is 0 Å². The fourth-order valence-corrected chi connectivity index (χ4v) is 4.31. The number of anilines is 1. The van der Waals surface area contributed by atoms with E-state index in [0.717, 1.165) is 42.7 Å². The highest BCUT2D eigenvalue weighted by Crippen LogP contribution is 2.34. The minimum atomic E-state index is -0.281. The van der Waals surface area contributed by atoms with Crippen LogP contribution in [0.1, 0.15) is 24.3 Å². The number of hydrogen-bond acceptors (Lipinski definition) is 6. The fourth-order valence-electron chi connectivity index (χ4n) is 3.63. The SMILES string of the molecule is COC(=O)CSc1cncc(N2CCC(c3c[nH]c4cc(F)ccc34)CC2)n1. The number of piperidine rings is 1. The first-order chi connectivity index (χ1) is 13.6. The van der Waals surface area contributed by atoms with E-state index in [1.54, 1.807) is 18.5 Å². The Morgan fingerprint density at radius 3 is 2.96 bits per heavy atom. The number of benzene rings is 1. The van der Waals surface area contributed by atoms with E-state index in [1.807, 2.05) is 12.3 Å². The number of carbonyl (C=O) groups is 1. The van der Waals surface area contributed by atoms with Gasteiger partial charge in [-0.05, 0) is 42.5 Å². The summed E-state index contributed by atoms with van der Waals surface area (Å²) in [7, 11) is 1.37. The van der Waals surface area contributed by atoms with Crippen LogP contribution in [-0.2, 0) is 9.53 Å². The number of methoxy groups -OCH3 is 1. The Labute approximate surface area is 166 Å². The molecule has 3 aromatic rings. The summed E-state index contributed by atoms with van der Waals surface area (Å²) in [5, 5.41) is 1.81. The van der Waals surface area contributed by atoms with Crippen molar-refractivity contribution in [1.29, 1.82) is 0 Å². The van der Waals surface area contributed by atoms with Crippen LogP contribution < -0.4 is 4.90 Å². The number of fused-ring (bicyclic) bond motifs is 1. The molecule has 1 saturated heterocycles. The first-order valence-electron chi connectivity index (χ1n) is 9.17. The largest absolute Gasteiger partial charge is 0.468 e. The molecule has 0 radical (unpaired) electrons. The zero-order valence-electron chi connectivity index (χ0n) is 15.5. The Morgan fingerprint density at radius 2 is 2.18 bits per heavy atom. The van der Waals surface area contributed by atoms with Gasteiger partial charge in [0.1, 0.15) is 16.7 Å². The lowest BCUT2D eigenvalue weighted by atomic mass is 9.89. The summed E-state index contributed by atoms with van der Waals surface area (Å²) in [5.41, 5.74) is 2.10. The lowest BCUT2D eigenvalue weighted by Gasteiger charge is -2.32. The molecule has 0 saturated carbocycles. The number of aromatic nitrogens is 3. The van der Waals surface area contributed by atoms with Crippen molar-refractivity contribution in [1.82, 2.24) is 15.0 Å². The van der Waals surface area contributed by atoms with Crippen LogP contribution in [-0.4, -0.2) is 46.9 Å². The Kier molecular flexibility index (Phi) is 5.47. The quantitative estimate of drug-likeness (QED) is 0.520. The highest BCUT2D eigenvalue weighted by atomic mass is 32.2. The van der Waals surface area contributed by atoms with Crippen molar-refractivity contribution in [3.63, 3.8) is 0 Å². The fraction of sp³-hybridized carbons (Fsp3) is 0.350. The number of nitrogens with zero attached hydrogens (tertiary/aromatic N) is 3. The zero-order valence-corrected chi connectivity index (χ0v) is 16.3. The minimum Gasteiger partial charge on any atom is -0.468 e. The average molecular weight is 400 g/mol. The van der Waals surface area contributed by atoms with Crippen LogP contribution in [0.15, 0.2) is 41.8 Å². The number of ether oxygens (including phenoxy) is 1. The van der Waals surface area contributed by atoms with Crippen molar-refractivity contribution in [3.05, 3.63) is 48.2 Å². The maximum Gasteiger partial charge on any atom is 0.316 e.